The van der Waals surface area contributed by atoms with Gasteiger partial charge in [0.05, 0.1) is 5.69 Å². The van der Waals surface area contributed by atoms with Crippen molar-refractivity contribution >= 4 is 11.4 Å². The van der Waals surface area contributed by atoms with Gasteiger partial charge in [0.2, 0.25) is 0 Å². The van der Waals surface area contributed by atoms with Crippen LogP contribution in [0, 0.1) is 0 Å². The molecule has 0 saturated carbocycles. The first-order chi connectivity index (χ1) is 5.40. The summed E-state index contributed by atoms with van der Waals surface area (Å²) in [6.07, 6.45) is 0. The second-order valence-corrected chi connectivity index (χ2v) is 2.60. The highest BCUT2D eigenvalue weighted by Crippen LogP contribution is 2.22. The number of hydrazine groups is 1. The standard InChI is InChI=1S/C8H11N3/c1-9-7-2-3-8-6(4-7)5-10-11-8/h2-4,9-11H,5H2,1H3. The molecule has 3 nitrogen and oxygen atoms in total. The Morgan fingerprint density at radius 2 is 2.36 bits per heavy atom. The Balaban J connectivity index is 2.41. The largest absolute Gasteiger partial charge is 0.388 e. The topological polar surface area (TPSA) is 36.1 Å². The summed E-state index contributed by atoms with van der Waals surface area (Å²) in [7, 11) is 1.93. The lowest BCUT2D eigenvalue weighted by molar-refractivity contribution is 0.860. The van der Waals surface area contributed by atoms with Gasteiger partial charge in [0, 0.05) is 19.3 Å². The van der Waals surface area contributed by atoms with Crippen LogP contribution in [0.5, 0.6) is 0 Å². The van der Waals surface area contributed by atoms with Crippen molar-refractivity contribution in [3.63, 3.8) is 0 Å². The Labute approximate surface area is 65.8 Å². The third kappa shape index (κ3) is 1.03. The third-order valence-electron chi connectivity index (χ3n) is 1.90. The zero-order chi connectivity index (χ0) is 7.68. The van der Waals surface area contributed by atoms with Crippen molar-refractivity contribution in [2.45, 2.75) is 6.54 Å². The molecule has 3 heteroatoms. The number of benzene rings is 1. The van der Waals surface area contributed by atoms with Crippen LogP contribution in [0.4, 0.5) is 11.4 Å². The Morgan fingerprint density at radius 3 is 3.18 bits per heavy atom. The van der Waals surface area contributed by atoms with Gasteiger partial charge in [-0.3, -0.25) is 0 Å². The normalized spacial score (nSPS) is 13.9. The summed E-state index contributed by atoms with van der Waals surface area (Å²) in [5.41, 5.74) is 9.80. The Morgan fingerprint density at radius 1 is 1.45 bits per heavy atom. The molecule has 0 atom stereocenters. The van der Waals surface area contributed by atoms with Crippen LogP contribution in [0.25, 0.3) is 0 Å². The molecule has 0 bridgehead atoms. The Kier molecular flexibility index (Phi) is 1.43. The maximum atomic E-state index is 3.10. The Bertz CT molecular complexity index is 270. The molecule has 1 aliphatic rings. The summed E-state index contributed by atoms with van der Waals surface area (Å²) in [6, 6.07) is 6.27. The van der Waals surface area contributed by atoms with Crippen LogP contribution in [-0.4, -0.2) is 7.05 Å². The fraction of sp³-hybridized carbons (Fsp3) is 0.250. The van der Waals surface area contributed by atoms with Crippen molar-refractivity contribution in [1.29, 1.82) is 0 Å². The van der Waals surface area contributed by atoms with Gasteiger partial charge in [0.25, 0.3) is 0 Å². The number of nitrogens with one attached hydrogen (secondary N) is 3. The molecule has 1 aromatic carbocycles. The molecule has 3 N–H and O–H groups in total. The summed E-state index contributed by atoms with van der Waals surface area (Å²) >= 11 is 0. The van der Waals surface area contributed by atoms with Crippen molar-refractivity contribution in [2.24, 2.45) is 0 Å². The first-order valence-electron chi connectivity index (χ1n) is 3.70. The van der Waals surface area contributed by atoms with Gasteiger partial charge in [0.1, 0.15) is 0 Å². The molecule has 0 unspecified atom stereocenters. The van der Waals surface area contributed by atoms with E-state index in [2.05, 4.69) is 34.4 Å². The van der Waals surface area contributed by atoms with Crippen molar-refractivity contribution < 1.29 is 0 Å². The van der Waals surface area contributed by atoms with E-state index in [9.17, 15) is 0 Å². The van der Waals surface area contributed by atoms with Crippen molar-refractivity contribution in [3.05, 3.63) is 23.8 Å². The molecule has 0 saturated heterocycles. The van der Waals surface area contributed by atoms with Gasteiger partial charge in [-0.25, -0.2) is 5.43 Å². The van der Waals surface area contributed by atoms with Crippen LogP contribution in [0.2, 0.25) is 0 Å². The molecule has 11 heavy (non-hydrogen) atoms. The predicted molar refractivity (Wildman–Crippen MR) is 46.5 cm³/mol. The highest BCUT2D eigenvalue weighted by atomic mass is 15.4. The third-order valence-corrected chi connectivity index (χ3v) is 1.90. The van der Waals surface area contributed by atoms with Crippen LogP contribution in [-0.2, 0) is 6.54 Å². The van der Waals surface area contributed by atoms with Gasteiger partial charge >= 0.3 is 0 Å². The van der Waals surface area contributed by atoms with E-state index in [0.717, 1.165) is 12.2 Å². The first-order valence-corrected chi connectivity index (χ1v) is 3.70. The van der Waals surface area contributed by atoms with Crippen molar-refractivity contribution in [1.82, 2.24) is 5.43 Å². The quantitative estimate of drug-likeness (QED) is 0.560. The minimum Gasteiger partial charge on any atom is -0.388 e. The van der Waals surface area contributed by atoms with Crippen molar-refractivity contribution in [2.75, 3.05) is 17.8 Å². The smallest absolute Gasteiger partial charge is 0.0534 e. The van der Waals surface area contributed by atoms with Gasteiger partial charge in [-0.1, -0.05) is 0 Å². The van der Waals surface area contributed by atoms with Gasteiger partial charge < -0.3 is 10.7 Å². The summed E-state index contributed by atoms with van der Waals surface area (Å²) < 4.78 is 0. The van der Waals surface area contributed by atoms with Crippen LogP contribution in [0.15, 0.2) is 18.2 Å². The lowest BCUT2D eigenvalue weighted by atomic mass is 10.2. The average molecular weight is 149 g/mol. The van der Waals surface area contributed by atoms with Crippen molar-refractivity contribution in [3.8, 4) is 0 Å². The SMILES string of the molecule is CNc1ccc2c(c1)CNN2. The van der Waals surface area contributed by atoms with Gasteiger partial charge in [-0.15, -0.1) is 0 Å². The molecule has 1 aliphatic heterocycles. The van der Waals surface area contributed by atoms with E-state index in [-0.39, 0.29) is 0 Å². The van der Waals surface area contributed by atoms with Gasteiger partial charge in [-0.05, 0) is 23.8 Å². The lowest BCUT2D eigenvalue weighted by Crippen LogP contribution is -2.10. The molecule has 2 rings (SSSR count). The van der Waals surface area contributed by atoms with E-state index in [1.54, 1.807) is 0 Å². The number of fused-ring (bicyclic) bond motifs is 1. The van der Waals surface area contributed by atoms with Gasteiger partial charge in [0.15, 0.2) is 0 Å². The summed E-state index contributed by atoms with van der Waals surface area (Å²) in [5, 5.41) is 3.10. The van der Waals surface area contributed by atoms with Crippen LogP contribution >= 0.6 is 0 Å². The molecule has 1 aromatic rings. The fourth-order valence-corrected chi connectivity index (χ4v) is 1.25. The first kappa shape index (κ1) is 6.49. The molecular weight excluding hydrogens is 138 g/mol. The minimum atomic E-state index is 0.908. The molecule has 0 aromatic heterocycles. The van der Waals surface area contributed by atoms with Crippen LogP contribution in [0.3, 0.4) is 0 Å². The molecule has 0 spiro atoms. The Hall–Kier alpha value is -1.22. The second kappa shape index (κ2) is 2.43. The molecule has 0 aliphatic carbocycles. The highest BCUT2D eigenvalue weighted by molar-refractivity contribution is 5.61. The average Bonchev–Trinajstić information content (AvgIpc) is 2.50. The molecule has 0 radical (unpaired) electrons. The molecule has 0 amide bonds. The molecule has 58 valence electrons. The summed E-state index contributed by atoms with van der Waals surface area (Å²) in [6.45, 7) is 0.908. The van der Waals surface area contributed by atoms with E-state index in [4.69, 9.17) is 0 Å². The fourth-order valence-electron chi connectivity index (χ4n) is 1.25. The van der Waals surface area contributed by atoms with Crippen LogP contribution < -0.4 is 16.2 Å². The maximum Gasteiger partial charge on any atom is 0.0534 e. The number of hydrogen-bond donors (Lipinski definition) is 3. The number of anilines is 2. The zero-order valence-corrected chi connectivity index (χ0v) is 6.44. The highest BCUT2D eigenvalue weighted by Gasteiger charge is 2.08. The van der Waals surface area contributed by atoms with Crippen LogP contribution in [0.1, 0.15) is 5.56 Å². The van der Waals surface area contributed by atoms with Gasteiger partial charge in [-0.2, -0.15) is 0 Å². The molecular formula is C8H11N3. The van der Waals surface area contributed by atoms with E-state index in [1.807, 2.05) is 7.05 Å². The maximum absolute atomic E-state index is 3.10. The van der Waals surface area contributed by atoms with E-state index >= 15 is 0 Å². The second-order valence-electron chi connectivity index (χ2n) is 2.60. The predicted octanol–water partition coefficient (Wildman–Crippen LogP) is 1.16. The summed E-state index contributed by atoms with van der Waals surface area (Å²) in [4.78, 5) is 0. The van der Waals surface area contributed by atoms with E-state index < -0.39 is 0 Å². The molecule has 0 fully saturated rings. The summed E-state index contributed by atoms with van der Waals surface area (Å²) in [5.74, 6) is 0. The number of hydrogen-bond acceptors (Lipinski definition) is 3. The number of rotatable bonds is 1. The van der Waals surface area contributed by atoms with E-state index in [1.165, 1.54) is 11.3 Å². The zero-order valence-electron chi connectivity index (χ0n) is 6.44. The van der Waals surface area contributed by atoms with E-state index in [0.29, 0.717) is 0 Å². The monoisotopic (exact) mass is 149 g/mol. The minimum absolute atomic E-state index is 0.908. The molecule has 1 heterocycles. The lowest BCUT2D eigenvalue weighted by Gasteiger charge is -2.01.